The van der Waals surface area contributed by atoms with Crippen LogP contribution in [0.4, 0.5) is 0 Å². The molecule has 1 saturated heterocycles. The Labute approximate surface area is 125 Å². The molecule has 5 nitrogen and oxygen atoms in total. The Morgan fingerprint density at radius 3 is 2.81 bits per heavy atom. The summed E-state index contributed by atoms with van der Waals surface area (Å²) in [7, 11) is 0. The zero-order valence-electron chi connectivity index (χ0n) is 12.5. The molecule has 1 aromatic rings. The second-order valence-electron chi connectivity index (χ2n) is 6.08. The van der Waals surface area contributed by atoms with Crippen molar-refractivity contribution in [2.45, 2.75) is 64.1 Å². The van der Waals surface area contributed by atoms with Gasteiger partial charge in [-0.1, -0.05) is 19.3 Å². The maximum atomic E-state index is 12.3. The molecule has 2 heterocycles. The number of nitrogens with zero attached hydrogens (tertiary/aromatic N) is 1. The third-order valence-electron chi connectivity index (χ3n) is 4.62. The van der Waals surface area contributed by atoms with E-state index >= 15 is 0 Å². The van der Waals surface area contributed by atoms with Crippen LogP contribution in [-0.2, 0) is 9.47 Å². The van der Waals surface area contributed by atoms with Crippen LogP contribution in [-0.4, -0.2) is 23.7 Å². The zero-order chi connectivity index (χ0) is 14.7. The second kappa shape index (κ2) is 6.60. The second-order valence-corrected chi connectivity index (χ2v) is 6.08. The third kappa shape index (κ3) is 3.28. The van der Waals surface area contributed by atoms with Crippen LogP contribution in [0.3, 0.4) is 0 Å². The van der Waals surface area contributed by atoms with Gasteiger partial charge in [0.05, 0.1) is 0 Å². The van der Waals surface area contributed by atoms with Gasteiger partial charge in [-0.15, -0.1) is 0 Å². The van der Waals surface area contributed by atoms with E-state index in [-0.39, 0.29) is 23.9 Å². The minimum atomic E-state index is -0.382. The molecule has 0 N–H and O–H groups in total. The molecule has 1 aromatic heterocycles. The van der Waals surface area contributed by atoms with Gasteiger partial charge in [0.25, 0.3) is 0 Å². The summed E-state index contributed by atoms with van der Waals surface area (Å²) in [6.45, 7) is 2.69. The Kier molecular flexibility index (Phi) is 4.58. The summed E-state index contributed by atoms with van der Waals surface area (Å²) in [5.41, 5.74) is 0.282. The number of aromatic nitrogens is 1. The Morgan fingerprint density at radius 1 is 1.29 bits per heavy atom. The maximum Gasteiger partial charge on any atom is 0.360 e. The van der Waals surface area contributed by atoms with E-state index in [2.05, 4.69) is 4.98 Å². The topological polar surface area (TPSA) is 61.6 Å². The summed E-state index contributed by atoms with van der Waals surface area (Å²) in [6.07, 6.45) is 8.99. The van der Waals surface area contributed by atoms with Gasteiger partial charge in [0.1, 0.15) is 12.2 Å². The molecule has 1 aliphatic carbocycles. The molecule has 0 bridgehead atoms. The number of rotatable bonds is 4. The number of esters is 1. The van der Waals surface area contributed by atoms with Crippen molar-refractivity contribution in [1.82, 2.24) is 4.98 Å². The van der Waals surface area contributed by atoms with Crippen LogP contribution in [0.1, 0.15) is 74.2 Å². The SMILES string of the molecule is C[C@@H](OC(=O)c1ncoc1[C@@H]1CCCO1)C1CCCCC1. The number of carbonyl (C=O) groups excluding carboxylic acids is 1. The predicted molar refractivity (Wildman–Crippen MR) is 75.9 cm³/mol. The van der Waals surface area contributed by atoms with Gasteiger partial charge in [-0.2, -0.15) is 0 Å². The van der Waals surface area contributed by atoms with Crippen LogP contribution in [0.2, 0.25) is 0 Å². The first-order chi connectivity index (χ1) is 10.3. The molecule has 0 aromatic carbocycles. The summed E-state index contributed by atoms with van der Waals surface area (Å²) < 4.78 is 16.5. The highest BCUT2D eigenvalue weighted by atomic mass is 16.5. The van der Waals surface area contributed by atoms with Crippen LogP contribution >= 0.6 is 0 Å². The molecule has 5 heteroatoms. The molecule has 2 fully saturated rings. The van der Waals surface area contributed by atoms with Gasteiger partial charge < -0.3 is 13.9 Å². The molecule has 116 valence electrons. The number of oxazole rings is 1. The van der Waals surface area contributed by atoms with E-state index in [9.17, 15) is 4.79 Å². The first-order valence-corrected chi connectivity index (χ1v) is 8.01. The van der Waals surface area contributed by atoms with Crippen molar-refractivity contribution < 1.29 is 18.7 Å². The highest BCUT2D eigenvalue weighted by molar-refractivity contribution is 5.88. The Morgan fingerprint density at radius 2 is 2.10 bits per heavy atom. The van der Waals surface area contributed by atoms with E-state index < -0.39 is 0 Å². The highest BCUT2D eigenvalue weighted by Gasteiger charge is 2.31. The fourth-order valence-electron chi connectivity index (χ4n) is 3.35. The van der Waals surface area contributed by atoms with Crippen molar-refractivity contribution in [3.05, 3.63) is 17.8 Å². The van der Waals surface area contributed by atoms with Crippen LogP contribution < -0.4 is 0 Å². The van der Waals surface area contributed by atoms with Gasteiger partial charge in [0.15, 0.2) is 17.8 Å². The molecule has 2 atom stereocenters. The van der Waals surface area contributed by atoms with Crippen molar-refractivity contribution in [3.8, 4) is 0 Å². The molecule has 3 rings (SSSR count). The van der Waals surface area contributed by atoms with E-state index in [0.29, 0.717) is 18.3 Å². The number of hydrogen-bond donors (Lipinski definition) is 0. The minimum Gasteiger partial charge on any atom is -0.458 e. The molecular weight excluding hydrogens is 270 g/mol. The molecule has 0 radical (unpaired) electrons. The predicted octanol–water partition coefficient (Wildman–Crippen LogP) is 3.65. The van der Waals surface area contributed by atoms with E-state index in [1.165, 1.54) is 25.7 Å². The molecule has 0 unspecified atom stereocenters. The van der Waals surface area contributed by atoms with Crippen molar-refractivity contribution in [3.63, 3.8) is 0 Å². The quantitative estimate of drug-likeness (QED) is 0.793. The average molecular weight is 293 g/mol. The number of hydrogen-bond acceptors (Lipinski definition) is 5. The molecule has 2 aliphatic rings. The molecule has 21 heavy (non-hydrogen) atoms. The number of ether oxygens (including phenoxy) is 2. The lowest BCUT2D eigenvalue weighted by molar-refractivity contribution is 0.0124. The third-order valence-corrected chi connectivity index (χ3v) is 4.62. The molecule has 1 aliphatic heterocycles. The first-order valence-electron chi connectivity index (χ1n) is 8.01. The summed E-state index contributed by atoms with van der Waals surface area (Å²) in [5, 5.41) is 0. The zero-order valence-corrected chi connectivity index (χ0v) is 12.5. The van der Waals surface area contributed by atoms with E-state index in [0.717, 1.165) is 25.7 Å². The Bertz CT molecular complexity index is 472. The molecule has 1 saturated carbocycles. The van der Waals surface area contributed by atoms with Gasteiger partial charge in [-0.05, 0) is 38.5 Å². The van der Waals surface area contributed by atoms with Gasteiger partial charge in [-0.25, -0.2) is 9.78 Å². The lowest BCUT2D eigenvalue weighted by atomic mass is 9.86. The van der Waals surface area contributed by atoms with E-state index in [1.54, 1.807) is 0 Å². The Balaban J connectivity index is 1.63. The standard InChI is InChI=1S/C16H23NO4/c1-11(12-6-3-2-4-7-12)21-16(18)14-15(20-10-17-14)13-8-5-9-19-13/h10-13H,2-9H2,1H3/t11-,13+/m1/s1. The largest absolute Gasteiger partial charge is 0.458 e. The summed E-state index contributed by atoms with van der Waals surface area (Å²) >= 11 is 0. The molecule has 0 amide bonds. The van der Waals surface area contributed by atoms with Gasteiger partial charge >= 0.3 is 5.97 Å². The molecule has 0 spiro atoms. The van der Waals surface area contributed by atoms with Crippen molar-refractivity contribution in [1.29, 1.82) is 0 Å². The summed E-state index contributed by atoms with van der Waals surface area (Å²) in [4.78, 5) is 16.4. The van der Waals surface area contributed by atoms with Gasteiger partial charge in [0.2, 0.25) is 0 Å². The normalized spacial score (nSPS) is 24.9. The monoisotopic (exact) mass is 293 g/mol. The van der Waals surface area contributed by atoms with E-state index in [4.69, 9.17) is 13.9 Å². The first kappa shape index (κ1) is 14.6. The van der Waals surface area contributed by atoms with Crippen molar-refractivity contribution >= 4 is 5.97 Å². The van der Waals surface area contributed by atoms with Crippen LogP contribution in [0.5, 0.6) is 0 Å². The number of carbonyl (C=O) groups is 1. The van der Waals surface area contributed by atoms with Gasteiger partial charge in [-0.3, -0.25) is 0 Å². The lowest BCUT2D eigenvalue weighted by Gasteiger charge is -2.27. The summed E-state index contributed by atoms with van der Waals surface area (Å²) in [5.74, 6) is 0.612. The van der Waals surface area contributed by atoms with Crippen LogP contribution in [0.15, 0.2) is 10.8 Å². The Hall–Kier alpha value is -1.36. The smallest absolute Gasteiger partial charge is 0.360 e. The highest BCUT2D eigenvalue weighted by Crippen LogP contribution is 2.32. The van der Waals surface area contributed by atoms with Crippen molar-refractivity contribution in [2.24, 2.45) is 5.92 Å². The van der Waals surface area contributed by atoms with Crippen LogP contribution in [0, 0.1) is 5.92 Å². The van der Waals surface area contributed by atoms with Gasteiger partial charge in [0, 0.05) is 6.61 Å². The van der Waals surface area contributed by atoms with Crippen LogP contribution in [0.25, 0.3) is 0 Å². The fourth-order valence-corrected chi connectivity index (χ4v) is 3.35. The fraction of sp³-hybridized carbons (Fsp3) is 0.750. The van der Waals surface area contributed by atoms with Crippen molar-refractivity contribution in [2.75, 3.05) is 6.61 Å². The van der Waals surface area contributed by atoms with E-state index in [1.807, 2.05) is 6.92 Å². The molecular formula is C16H23NO4. The lowest BCUT2D eigenvalue weighted by Crippen LogP contribution is -2.26. The maximum absolute atomic E-state index is 12.3. The summed E-state index contributed by atoms with van der Waals surface area (Å²) in [6, 6.07) is 0. The average Bonchev–Trinajstić information content (AvgIpc) is 3.18. The minimum absolute atomic E-state index is 0.0631.